The molecule has 28 heavy (non-hydrogen) atoms. The van der Waals surface area contributed by atoms with Crippen molar-refractivity contribution in [2.75, 3.05) is 13.7 Å². The lowest BCUT2D eigenvalue weighted by Gasteiger charge is -2.31. The van der Waals surface area contributed by atoms with E-state index in [1.54, 1.807) is 7.11 Å². The van der Waals surface area contributed by atoms with Crippen LogP contribution in [0.15, 0.2) is 54.6 Å². The highest BCUT2D eigenvalue weighted by Crippen LogP contribution is 2.36. The Morgan fingerprint density at radius 1 is 1.11 bits per heavy atom. The molecule has 0 saturated heterocycles. The molecule has 0 heterocycles. The quantitative estimate of drug-likeness (QED) is 0.736. The van der Waals surface area contributed by atoms with Crippen molar-refractivity contribution in [3.63, 3.8) is 0 Å². The standard InChI is InChI=1S/C22H27N3O3/c1-3-23-22(27)24-21(26)20(17-7-5-4-6-8-17)25(18-11-12-18)15-16-9-13-19(28-2)14-10-16/h4-10,13-14,18,20H,3,11-12,15H2,1-2H3,(H2,23,24,26,27)/t20-/m1/s1. The van der Waals surface area contributed by atoms with Gasteiger partial charge in [0.25, 0.3) is 0 Å². The van der Waals surface area contributed by atoms with E-state index in [0.29, 0.717) is 19.1 Å². The minimum absolute atomic E-state index is 0.308. The van der Waals surface area contributed by atoms with Crippen LogP contribution in [0.2, 0.25) is 0 Å². The van der Waals surface area contributed by atoms with Crippen molar-refractivity contribution in [2.24, 2.45) is 0 Å². The van der Waals surface area contributed by atoms with Crippen molar-refractivity contribution in [1.82, 2.24) is 15.5 Å². The zero-order valence-electron chi connectivity index (χ0n) is 16.4. The topological polar surface area (TPSA) is 70.7 Å². The molecule has 1 atom stereocenters. The average Bonchev–Trinajstić information content (AvgIpc) is 3.54. The van der Waals surface area contributed by atoms with Crippen LogP contribution in [0.1, 0.15) is 36.9 Å². The summed E-state index contributed by atoms with van der Waals surface area (Å²) in [6, 6.07) is 16.8. The number of imide groups is 1. The molecule has 2 N–H and O–H groups in total. The van der Waals surface area contributed by atoms with Crippen molar-refractivity contribution in [3.8, 4) is 5.75 Å². The molecule has 1 fully saturated rings. The van der Waals surface area contributed by atoms with Crippen LogP contribution < -0.4 is 15.4 Å². The van der Waals surface area contributed by atoms with Crippen LogP contribution in [0, 0.1) is 0 Å². The number of benzene rings is 2. The summed E-state index contributed by atoms with van der Waals surface area (Å²) in [5, 5.41) is 5.12. The van der Waals surface area contributed by atoms with E-state index in [4.69, 9.17) is 4.74 Å². The normalized spacial score (nSPS) is 14.4. The molecular formula is C22H27N3O3. The number of ether oxygens (including phenoxy) is 1. The summed E-state index contributed by atoms with van der Waals surface area (Å²) in [4.78, 5) is 27.2. The van der Waals surface area contributed by atoms with E-state index in [0.717, 1.165) is 29.7 Å². The third-order valence-electron chi connectivity index (χ3n) is 4.81. The largest absolute Gasteiger partial charge is 0.497 e. The number of hydrogen-bond donors (Lipinski definition) is 2. The lowest BCUT2D eigenvalue weighted by atomic mass is 10.0. The highest BCUT2D eigenvalue weighted by molar-refractivity contribution is 5.97. The molecule has 1 saturated carbocycles. The fourth-order valence-electron chi connectivity index (χ4n) is 3.29. The fourth-order valence-corrected chi connectivity index (χ4v) is 3.29. The van der Waals surface area contributed by atoms with E-state index in [-0.39, 0.29) is 5.91 Å². The summed E-state index contributed by atoms with van der Waals surface area (Å²) >= 11 is 0. The van der Waals surface area contributed by atoms with Crippen LogP contribution in [0.3, 0.4) is 0 Å². The SMILES string of the molecule is CCNC(=O)NC(=O)[C@@H](c1ccccc1)N(Cc1ccc(OC)cc1)C1CC1. The van der Waals surface area contributed by atoms with E-state index in [1.807, 2.05) is 61.5 Å². The number of rotatable bonds is 8. The predicted molar refractivity (Wildman–Crippen MR) is 108 cm³/mol. The molecule has 3 amide bonds. The van der Waals surface area contributed by atoms with Crippen molar-refractivity contribution >= 4 is 11.9 Å². The van der Waals surface area contributed by atoms with Crippen molar-refractivity contribution in [3.05, 3.63) is 65.7 Å². The molecule has 2 aromatic carbocycles. The van der Waals surface area contributed by atoms with Gasteiger partial charge in [-0.1, -0.05) is 42.5 Å². The fraction of sp³-hybridized carbons (Fsp3) is 0.364. The predicted octanol–water partition coefficient (Wildman–Crippen LogP) is 3.25. The third kappa shape index (κ3) is 5.10. The number of amides is 3. The molecule has 0 aliphatic heterocycles. The maximum atomic E-state index is 13.1. The number of nitrogens with zero attached hydrogens (tertiary/aromatic N) is 1. The van der Waals surface area contributed by atoms with Gasteiger partial charge in [-0.05, 0) is 43.0 Å². The number of carbonyl (C=O) groups excluding carboxylic acids is 2. The van der Waals surface area contributed by atoms with Gasteiger partial charge in [0.2, 0.25) is 5.91 Å². The van der Waals surface area contributed by atoms with Gasteiger partial charge in [0, 0.05) is 19.1 Å². The Bertz CT molecular complexity index is 788. The van der Waals surface area contributed by atoms with Gasteiger partial charge in [0.1, 0.15) is 11.8 Å². The Morgan fingerprint density at radius 3 is 2.36 bits per heavy atom. The number of carbonyl (C=O) groups is 2. The molecule has 6 nitrogen and oxygen atoms in total. The summed E-state index contributed by atoms with van der Waals surface area (Å²) in [6.07, 6.45) is 2.10. The van der Waals surface area contributed by atoms with Crippen molar-refractivity contribution in [1.29, 1.82) is 0 Å². The number of methoxy groups -OCH3 is 1. The average molecular weight is 381 g/mol. The second-order valence-corrected chi connectivity index (χ2v) is 6.91. The number of urea groups is 1. The minimum atomic E-state index is -0.529. The van der Waals surface area contributed by atoms with Crippen LogP contribution in [-0.4, -0.2) is 36.5 Å². The van der Waals surface area contributed by atoms with Gasteiger partial charge in [0.15, 0.2) is 0 Å². The zero-order chi connectivity index (χ0) is 19.9. The highest BCUT2D eigenvalue weighted by atomic mass is 16.5. The molecule has 2 aromatic rings. The van der Waals surface area contributed by atoms with E-state index in [1.165, 1.54) is 0 Å². The molecule has 1 aliphatic carbocycles. The first kappa shape index (κ1) is 19.9. The summed E-state index contributed by atoms with van der Waals surface area (Å²) < 4.78 is 5.23. The van der Waals surface area contributed by atoms with E-state index >= 15 is 0 Å². The number of hydrogen-bond acceptors (Lipinski definition) is 4. The Morgan fingerprint density at radius 2 is 1.79 bits per heavy atom. The lowest BCUT2D eigenvalue weighted by Crippen LogP contribution is -2.46. The van der Waals surface area contributed by atoms with Gasteiger partial charge in [-0.3, -0.25) is 15.0 Å². The van der Waals surface area contributed by atoms with Crippen LogP contribution in [0.4, 0.5) is 4.79 Å². The van der Waals surface area contributed by atoms with Gasteiger partial charge in [-0.15, -0.1) is 0 Å². The number of nitrogens with one attached hydrogen (secondary N) is 2. The molecule has 3 rings (SSSR count). The Balaban J connectivity index is 1.86. The first-order valence-corrected chi connectivity index (χ1v) is 9.64. The molecule has 0 aromatic heterocycles. The van der Waals surface area contributed by atoms with Crippen LogP contribution >= 0.6 is 0 Å². The second kappa shape index (κ2) is 9.37. The molecule has 0 radical (unpaired) electrons. The van der Waals surface area contributed by atoms with E-state index in [2.05, 4.69) is 15.5 Å². The molecular weight excluding hydrogens is 354 g/mol. The summed E-state index contributed by atoms with van der Waals surface area (Å²) in [6.45, 7) is 2.91. The van der Waals surface area contributed by atoms with Crippen LogP contribution in [-0.2, 0) is 11.3 Å². The van der Waals surface area contributed by atoms with E-state index in [9.17, 15) is 9.59 Å². The maximum absolute atomic E-state index is 13.1. The summed E-state index contributed by atoms with van der Waals surface area (Å²) in [7, 11) is 1.64. The van der Waals surface area contributed by atoms with Crippen molar-refractivity contribution in [2.45, 2.75) is 38.4 Å². The first-order valence-electron chi connectivity index (χ1n) is 9.64. The minimum Gasteiger partial charge on any atom is -0.497 e. The van der Waals surface area contributed by atoms with Gasteiger partial charge in [-0.25, -0.2) is 4.79 Å². The van der Waals surface area contributed by atoms with Gasteiger partial charge in [-0.2, -0.15) is 0 Å². The molecule has 0 bridgehead atoms. The molecule has 0 spiro atoms. The van der Waals surface area contributed by atoms with Gasteiger partial charge >= 0.3 is 6.03 Å². The Kier molecular flexibility index (Phi) is 6.66. The highest BCUT2D eigenvalue weighted by Gasteiger charge is 2.38. The maximum Gasteiger partial charge on any atom is 0.321 e. The molecule has 148 valence electrons. The molecule has 0 unspecified atom stereocenters. The van der Waals surface area contributed by atoms with Crippen LogP contribution in [0.25, 0.3) is 0 Å². The lowest BCUT2D eigenvalue weighted by molar-refractivity contribution is -0.126. The summed E-state index contributed by atoms with van der Waals surface area (Å²) in [5.41, 5.74) is 1.98. The summed E-state index contributed by atoms with van der Waals surface area (Å²) in [5.74, 6) is 0.493. The molecule has 1 aliphatic rings. The van der Waals surface area contributed by atoms with E-state index < -0.39 is 12.1 Å². The third-order valence-corrected chi connectivity index (χ3v) is 4.81. The van der Waals surface area contributed by atoms with Gasteiger partial charge in [0.05, 0.1) is 7.11 Å². The monoisotopic (exact) mass is 381 g/mol. The van der Waals surface area contributed by atoms with Crippen molar-refractivity contribution < 1.29 is 14.3 Å². The zero-order valence-corrected chi connectivity index (χ0v) is 16.4. The van der Waals surface area contributed by atoms with Crippen LogP contribution in [0.5, 0.6) is 5.75 Å². The Hall–Kier alpha value is -2.86. The molecule has 6 heteroatoms. The Labute approximate surface area is 165 Å². The first-order chi connectivity index (χ1) is 13.6. The second-order valence-electron chi connectivity index (χ2n) is 6.91. The van der Waals surface area contributed by atoms with Gasteiger partial charge < -0.3 is 10.1 Å². The smallest absolute Gasteiger partial charge is 0.321 e.